The number of hydrogen-bond donors (Lipinski definition) is 4. The highest BCUT2D eigenvalue weighted by atomic mass is 19.4. The lowest BCUT2D eigenvalue weighted by Crippen LogP contribution is -2.36. The minimum absolute atomic E-state index is 0.148. The number of aromatic nitrogens is 4. The summed E-state index contributed by atoms with van der Waals surface area (Å²) >= 11 is 0. The molecule has 192 valence electrons. The molecule has 37 heavy (non-hydrogen) atoms. The topological polar surface area (TPSA) is 120 Å². The van der Waals surface area contributed by atoms with Crippen LogP contribution in [0.4, 0.5) is 37.8 Å². The number of hydrogen-bond acceptors (Lipinski definition) is 5. The molecule has 0 aliphatic heterocycles. The molecule has 2 aromatic heterocycles. The number of phenols is 1. The SMILES string of the molecule is Cn1cc(C(=O)NC(=Nc2cc(-c3ccc(O)c(F)c3)[nH]n2)Nc2cc(F)cc(F)c2)c(C(F)(F)F)n1. The number of carbonyl (C=O) groups is 1. The Morgan fingerprint density at radius 1 is 1.08 bits per heavy atom. The van der Waals surface area contributed by atoms with Crippen molar-refractivity contribution in [3.63, 3.8) is 0 Å². The molecule has 0 aliphatic rings. The van der Waals surface area contributed by atoms with Crippen LogP contribution in [-0.2, 0) is 13.2 Å². The Kier molecular flexibility index (Phi) is 6.61. The first kappa shape index (κ1) is 25.3. The number of benzene rings is 2. The number of H-pyrrole nitrogens is 1. The van der Waals surface area contributed by atoms with E-state index < -0.39 is 52.5 Å². The van der Waals surface area contributed by atoms with Crippen molar-refractivity contribution < 1.29 is 36.2 Å². The van der Waals surface area contributed by atoms with E-state index in [2.05, 4.69) is 30.9 Å². The molecular formula is C22H15F6N7O2. The fraction of sp³-hybridized carbons (Fsp3) is 0.0909. The van der Waals surface area contributed by atoms with E-state index in [-0.39, 0.29) is 22.8 Å². The van der Waals surface area contributed by atoms with Crippen LogP contribution in [0.5, 0.6) is 5.75 Å². The normalized spacial score (nSPS) is 12.0. The molecule has 9 nitrogen and oxygen atoms in total. The third-order valence-electron chi connectivity index (χ3n) is 4.75. The molecule has 0 radical (unpaired) electrons. The van der Waals surface area contributed by atoms with Crippen LogP contribution >= 0.6 is 0 Å². The van der Waals surface area contributed by atoms with Gasteiger partial charge in [-0.25, -0.2) is 13.2 Å². The molecule has 0 atom stereocenters. The Labute approximate surface area is 203 Å². The van der Waals surface area contributed by atoms with Crippen molar-refractivity contribution in [2.45, 2.75) is 6.18 Å². The van der Waals surface area contributed by atoms with Crippen LogP contribution in [0.3, 0.4) is 0 Å². The molecule has 0 fully saturated rings. The summed E-state index contributed by atoms with van der Waals surface area (Å²) in [5.74, 6) is -5.40. The van der Waals surface area contributed by atoms with E-state index >= 15 is 0 Å². The van der Waals surface area contributed by atoms with Gasteiger partial charge in [-0.2, -0.15) is 28.4 Å². The van der Waals surface area contributed by atoms with Crippen molar-refractivity contribution in [2.24, 2.45) is 12.0 Å². The smallest absolute Gasteiger partial charge is 0.435 e. The Hall–Kier alpha value is -4.82. The monoisotopic (exact) mass is 523 g/mol. The number of guanidine groups is 1. The number of aliphatic imine (C=N–C) groups is 1. The molecule has 1 amide bonds. The predicted octanol–water partition coefficient (Wildman–Crippen LogP) is 4.48. The summed E-state index contributed by atoms with van der Waals surface area (Å²) in [6.07, 6.45) is -4.11. The Balaban J connectivity index is 1.69. The van der Waals surface area contributed by atoms with E-state index in [4.69, 9.17) is 0 Å². The highest BCUT2D eigenvalue weighted by molar-refractivity contribution is 6.11. The maximum absolute atomic E-state index is 13.7. The highest BCUT2D eigenvalue weighted by Crippen LogP contribution is 2.30. The van der Waals surface area contributed by atoms with Gasteiger partial charge in [0, 0.05) is 36.6 Å². The van der Waals surface area contributed by atoms with Crippen molar-refractivity contribution in [1.29, 1.82) is 0 Å². The second kappa shape index (κ2) is 9.67. The van der Waals surface area contributed by atoms with Gasteiger partial charge in [-0.15, -0.1) is 0 Å². The summed E-state index contributed by atoms with van der Waals surface area (Å²) in [6.45, 7) is 0. The minimum Gasteiger partial charge on any atom is -0.505 e. The average molecular weight is 523 g/mol. The molecule has 4 aromatic rings. The number of aryl methyl sites for hydroxylation is 1. The molecule has 0 bridgehead atoms. The van der Waals surface area contributed by atoms with Gasteiger partial charge in [-0.1, -0.05) is 0 Å². The standard InChI is InChI=1S/C22H15F6N7O2/c1-35-9-14(19(34-35)22(26,27)28)20(37)31-21(29-13-6-11(23)5-12(24)7-13)30-18-8-16(32-33-18)10-2-3-17(36)15(25)4-10/h2-9,36H,1H3,(H3,29,30,31,32,33,37). The van der Waals surface area contributed by atoms with Crippen molar-refractivity contribution in [2.75, 3.05) is 5.32 Å². The van der Waals surface area contributed by atoms with Crippen LogP contribution < -0.4 is 10.6 Å². The Morgan fingerprint density at radius 2 is 1.78 bits per heavy atom. The van der Waals surface area contributed by atoms with Crippen LogP contribution in [-0.4, -0.2) is 37.0 Å². The summed E-state index contributed by atoms with van der Waals surface area (Å²) in [5, 5.41) is 23.6. The maximum atomic E-state index is 13.7. The lowest BCUT2D eigenvalue weighted by atomic mass is 10.1. The minimum atomic E-state index is -4.94. The number of rotatable bonds is 4. The number of nitrogens with zero attached hydrogens (tertiary/aromatic N) is 4. The number of halogens is 6. The molecule has 0 saturated carbocycles. The van der Waals surface area contributed by atoms with Crippen LogP contribution in [0.25, 0.3) is 11.3 Å². The molecular weight excluding hydrogens is 508 g/mol. The lowest BCUT2D eigenvalue weighted by molar-refractivity contribution is -0.141. The van der Waals surface area contributed by atoms with E-state index in [0.717, 1.165) is 35.1 Å². The number of aromatic hydroxyl groups is 1. The quantitative estimate of drug-likeness (QED) is 0.179. The second-order valence-electron chi connectivity index (χ2n) is 7.57. The van der Waals surface area contributed by atoms with Crippen molar-refractivity contribution in [1.82, 2.24) is 25.3 Å². The maximum Gasteiger partial charge on any atom is 0.435 e. The second-order valence-corrected chi connectivity index (χ2v) is 7.57. The van der Waals surface area contributed by atoms with E-state index in [1.807, 2.05) is 0 Å². The fourth-order valence-electron chi connectivity index (χ4n) is 3.19. The number of aromatic amines is 1. The van der Waals surface area contributed by atoms with Crippen molar-refractivity contribution in [3.05, 3.63) is 77.4 Å². The van der Waals surface area contributed by atoms with Crippen LogP contribution in [0, 0.1) is 17.5 Å². The van der Waals surface area contributed by atoms with E-state index in [0.29, 0.717) is 6.07 Å². The van der Waals surface area contributed by atoms with E-state index in [9.17, 15) is 36.2 Å². The zero-order chi connectivity index (χ0) is 26.9. The molecule has 0 unspecified atom stereocenters. The van der Waals surface area contributed by atoms with Crippen molar-refractivity contribution in [3.8, 4) is 17.0 Å². The number of nitrogens with one attached hydrogen (secondary N) is 3. The van der Waals surface area contributed by atoms with Gasteiger partial charge in [0.2, 0.25) is 5.96 Å². The number of amides is 1. The van der Waals surface area contributed by atoms with Gasteiger partial charge in [0.1, 0.15) is 11.6 Å². The lowest BCUT2D eigenvalue weighted by Gasteiger charge is -2.12. The summed E-state index contributed by atoms with van der Waals surface area (Å²) < 4.78 is 81.8. The molecule has 2 heterocycles. The molecule has 15 heteroatoms. The molecule has 4 N–H and O–H groups in total. The van der Waals surface area contributed by atoms with Crippen molar-refractivity contribution >= 4 is 23.4 Å². The van der Waals surface area contributed by atoms with Gasteiger partial charge >= 0.3 is 6.18 Å². The van der Waals surface area contributed by atoms with Gasteiger partial charge in [0.05, 0.1) is 11.3 Å². The molecule has 0 saturated heterocycles. The van der Waals surface area contributed by atoms with Crippen LogP contribution in [0.1, 0.15) is 16.1 Å². The Bertz CT molecular complexity index is 1490. The number of phenolic OH excluding ortho intramolecular Hbond substituents is 1. The molecule has 4 rings (SSSR count). The molecule has 0 spiro atoms. The van der Waals surface area contributed by atoms with Gasteiger partial charge in [0.25, 0.3) is 5.91 Å². The van der Waals surface area contributed by atoms with Gasteiger partial charge in [-0.3, -0.25) is 19.9 Å². The van der Waals surface area contributed by atoms with E-state index in [1.54, 1.807) is 0 Å². The number of anilines is 1. The summed E-state index contributed by atoms with van der Waals surface area (Å²) in [4.78, 5) is 16.7. The Morgan fingerprint density at radius 3 is 2.43 bits per heavy atom. The first-order valence-electron chi connectivity index (χ1n) is 10.2. The highest BCUT2D eigenvalue weighted by Gasteiger charge is 2.39. The summed E-state index contributed by atoms with van der Waals surface area (Å²) in [5.41, 5.74) is -2.03. The first-order valence-corrected chi connectivity index (χ1v) is 10.2. The summed E-state index contributed by atoms with van der Waals surface area (Å²) in [6, 6.07) is 7.06. The largest absolute Gasteiger partial charge is 0.505 e. The van der Waals surface area contributed by atoms with Gasteiger partial charge < -0.3 is 10.4 Å². The summed E-state index contributed by atoms with van der Waals surface area (Å²) in [7, 11) is 1.19. The van der Waals surface area contributed by atoms with E-state index in [1.165, 1.54) is 19.2 Å². The zero-order valence-corrected chi connectivity index (χ0v) is 18.5. The third-order valence-corrected chi connectivity index (χ3v) is 4.75. The fourth-order valence-corrected chi connectivity index (χ4v) is 3.19. The number of alkyl halides is 3. The van der Waals surface area contributed by atoms with Gasteiger partial charge in [0.15, 0.2) is 23.1 Å². The predicted molar refractivity (Wildman–Crippen MR) is 118 cm³/mol. The van der Waals surface area contributed by atoms with Crippen LogP contribution in [0.15, 0.2) is 53.7 Å². The first-order chi connectivity index (χ1) is 17.4. The molecule has 2 aromatic carbocycles. The van der Waals surface area contributed by atoms with Crippen LogP contribution in [0.2, 0.25) is 0 Å². The molecule has 0 aliphatic carbocycles. The third kappa shape index (κ3) is 5.88. The number of carbonyl (C=O) groups excluding carboxylic acids is 1. The van der Waals surface area contributed by atoms with Gasteiger partial charge in [-0.05, 0) is 30.3 Å². The average Bonchev–Trinajstić information content (AvgIpc) is 3.41. The zero-order valence-electron chi connectivity index (χ0n) is 18.5.